The van der Waals surface area contributed by atoms with Crippen LogP contribution in [0.2, 0.25) is 0 Å². The van der Waals surface area contributed by atoms with Crippen molar-refractivity contribution in [3.8, 4) is 0 Å². The average molecular weight is 352 g/mol. The molecule has 0 spiro atoms. The smallest absolute Gasteiger partial charge is 0.398 e. The second kappa shape index (κ2) is 7.98. The van der Waals surface area contributed by atoms with Crippen molar-refractivity contribution in [1.82, 2.24) is 4.98 Å². The lowest BCUT2D eigenvalue weighted by molar-refractivity contribution is -0.0583. The van der Waals surface area contributed by atoms with E-state index in [2.05, 4.69) is 16.5 Å². The van der Waals surface area contributed by atoms with Gasteiger partial charge in [-0.1, -0.05) is 24.8 Å². The monoisotopic (exact) mass is 352 g/mol. The third-order valence-corrected chi connectivity index (χ3v) is 3.58. The van der Waals surface area contributed by atoms with Gasteiger partial charge in [-0.2, -0.15) is 13.2 Å². The molecule has 1 aliphatic rings. The maximum absolute atomic E-state index is 11.2. The Morgan fingerprint density at radius 2 is 1.92 bits per heavy atom. The Hall–Kier alpha value is -2.61. The number of morpholine rings is 1. The number of fused-ring (bicyclic) bond motifs is 1. The number of aromatic nitrogens is 1. The van der Waals surface area contributed by atoms with Crippen LogP contribution in [-0.4, -0.2) is 43.2 Å². The number of nitrogen functional groups attached to an aromatic ring is 1. The van der Waals surface area contributed by atoms with Gasteiger partial charge in [0.1, 0.15) is 11.5 Å². The van der Waals surface area contributed by atoms with Gasteiger partial charge in [0, 0.05) is 30.2 Å². The summed E-state index contributed by atoms with van der Waals surface area (Å²) < 4.78 is 38.8. The number of para-hydroxylation sites is 1. The van der Waals surface area contributed by atoms with Crippen LogP contribution in [0.25, 0.3) is 10.9 Å². The highest BCUT2D eigenvalue weighted by molar-refractivity contribution is 5.96. The first-order valence-corrected chi connectivity index (χ1v) is 7.59. The Balaban J connectivity index is 0.000000242. The summed E-state index contributed by atoms with van der Waals surface area (Å²) in [6.45, 7) is 6.06. The minimum atomic E-state index is -4.53. The lowest BCUT2D eigenvalue weighted by Gasteiger charge is -2.28. The number of benzene rings is 1. The maximum atomic E-state index is 11.2. The molecule has 0 saturated carbocycles. The van der Waals surface area contributed by atoms with Crippen molar-refractivity contribution in [2.75, 3.05) is 36.9 Å². The Labute approximate surface area is 143 Å². The number of ether oxygens (including phenoxy) is 1. The van der Waals surface area contributed by atoms with Crippen molar-refractivity contribution in [2.45, 2.75) is 6.18 Å². The first-order chi connectivity index (χ1) is 11.8. The fourth-order valence-electron chi connectivity index (χ4n) is 2.26. The van der Waals surface area contributed by atoms with E-state index in [9.17, 15) is 13.2 Å². The highest BCUT2D eigenvalue weighted by Crippen LogP contribution is 2.25. The van der Waals surface area contributed by atoms with E-state index >= 15 is 0 Å². The van der Waals surface area contributed by atoms with Gasteiger partial charge < -0.3 is 15.4 Å². The SMILES string of the molecule is C=CC(=N)C(F)(F)F.Nc1cc(N2CCOCC2)nc2ccccc12. The molecule has 1 aromatic carbocycles. The molecule has 0 aliphatic carbocycles. The summed E-state index contributed by atoms with van der Waals surface area (Å²) >= 11 is 0. The highest BCUT2D eigenvalue weighted by Gasteiger charge is 2.31. The van der Waals surface area contributed by atoms with E-state index in [-0.39, 0.29) is 0 Å². The minimum absolute atomic E-state index is 0.458. The van der Waals surface area contributed by atoms with Crippen LogP contribution >= 0.6 is 0 Å². The number of allylic oxidation sites excluding steroid dienone is 1. The number of anilines is 2. The molecule has 2 heterocycles. The molecule has 134 valence electrons. The van der Waals surface area contributed by atoms with Crippen LogP contribution in [-0.2, 0) is 4.74 Å². The summed E-state index contributed by atoms with van der Waals surface area (Å²) in [5.74, 6) is 0.949. The molecule has 0 amide bonds. The Morgan fingerprint density at radius 3 is 2.48 bits per heavy atom. The van der Waals surface area contributed by atoms with Gasteiger partial charge in [-0.05, 0) is 12.1 Å². The summed E-state index contributed by atoms with van der Waals surface area (Å²) in [5.41, 5.74) is 6.40. The summed E-state index contributed by atoms with van der Waals surface area (Å²) in [5, 5.41) is 7.16. The summed E-state index contributed by atoms with van der Waals surface area (Å²) in [4.78, 5) is 6.86. The lowest BCUT2D eigenvalue weighted by Crippen LogP contribution is -2.36. The molecular formula is C17H19F3N4O. The second-order valence-electron chi connectivity index (χ2n) is 5.30. The zero-order valence-corrected chi connectivity index (χ0v) is 13.5. The van der Waals surface area contributed by atoms with E-state index in [1.54, 1.807) is 0 Å². The molecule has 1 fully saturated rings. The number of hydrogen-bond acceptors (Lipinski definition) is 5. The van der Waals surface area contributed by atoms with E-state index in [0.29, 0.717) is 6.08 Å². The van der Waals surface area contributed by atoms with Crippen LogP contribution in [0.4, 0.5) is 24.7 Å². The molecule has 2 aromatic rings. The fourth-order valence-corrected chi connectivity index (χ4v) is 2.26. The molecular weight excluding hydrogens is 333 g/mol. The van der Waals surface area contributed by atoms with Crippen LogP contribution in [0.15, 0.2) is 43.0 Å². The van der Waals surface area contributed by atoms with Crippen LogP contribution in [0.5, 0.6) is 0 Å². The maximum Gasteiger partial charge on any atom is 0.432 e. The first kappa shape index (κ1) is 18.7. The van der Waals surface area contributed by atoms with Gasteiger partial charge in [0.15, 0.2) is 0 Å². The number of rotatable bonds is 2. The molecule has 0 unspecified atom stereocenters. The van der Waals surface area contributed by atoms with Crippen molar-refractivity contribution in [3.63, 3.8) is 0 Å². The summed E-state index contributed by atoms with van der Waals surface area (Å²) in [6, 6.07) is 9.91. The predicted molar refractivity (Wildman–Crippen MR) is 93.2 cm³/mol. The molecule has 5 nitrogen and oxygen atoms in total. The van der Waals surface area contributed by atoms with Crippen molar-refractivity contribution in [1.29, 1.82) is 5.41 Å². The molecule has 25 heavy (non-hydrogen) atoms. The van der Waals surface area contributed by atoms with Crippen LogP contribution < -0.4 is 10.6 Å². The fraction of sp³-hybridized carbons (Fsp3) is 0.294. The number of pyridine rings is 1. The molecule has 8 heteroatoms. The summed E-state index contributed by atoms with van der Waals surface area (Å²) in [7, 11) is 0. The largest absolute Gasteiger partial charge is 0.432 e. The topological polar surface area (TPSA) is 75.2 Å². The van der Waals surface area contributed by atoms with E-state index in [4.69, 9.17) is 15.9 Å². The molecule has 1 aliphatic heterocycles. The Kier molecular flexibility index (Phi) is 5.97. The summed E-state index contributed by atoms with van der Waals surface area (Å²) in [6.07, 6.45) is -4.07. The molecule has 1 saturated heterocycles. The van der Waals surface area contributed by atoms with Gasteiger partial charge in [-0.3, -0.25) is 5.41 Å². The van der Waals surface area contributed by atoms with E-state index in [1.165, 1.54) is 0 Å². The highest BCUT2D eigenvalue weighted by atomic mass is 19.4. The second-order valence-corrected chi connectivity index (χ2v) is 5.30. The normalized spacial score (nSPS) is 14.6. The molecule has 1 aromatic heterocycles. The van der Waals surface area contributed by atoms with Crippen molar-refractivity contribution in [2.24, 2.45) is 0 Å². The van der Waals surface area contributed by atoms with Gasteiger partial charge >= 0.3 is 6.18 Å². The van der Waals surface area contributed by atoms with Gasteiger partial charge in [-0.15, -0.1) is 0 Å². The van der Waals surface area contributed by atoms with Gasteiger partial charge in [0.2, 0.25) is 0 Å². The molecule has 0 radical (unpaired) electrons. The van der Waals surface area contributed by atoms with Crippen molar-refractivity contribution >= 4 is 28.1 Å². The van der Waals surface area contributed by atoms with Crippen molar-refractivity contribution in [3.05, 3.63) is 43.0 Å². The standard InChI is InChI=1S/C13H15N3O.C4H4F3N/c14-11-9-13(16-5-7-17-8-6-16)15-12-4-2-1-3-10(11)12;1-2-3(8)4(5,6)7/h1-4,9H,5-8H2,(H2,14,15);2,8H,1H2. The van der Waals surface area contributed by atoms with Crippen LogP contribution in [0.1, 0.15) is 0 Å². The zero-order valence-electron chi connectivity index (χ0n) is 13.5. The average Bonchev–Trinajstić information content (AvgIpc) is 2.61. The van der Waals surface area contributed by atoms with Gasteiger partial charge in [0.05, 0.1) is 18.7 Å². The molecule has 3 N–H and O–H groups in total. The number of hydrogen-bond donors (Lipinski definition) is 2. The van der Waals surface area contributed by atoms with E-state index in [0.717, 1.165) is 48.7 Å². The minimum Gasteiger partial charge on any atom is -0.398 e. The molecule has 3 rings (SSSR count). The molecule has 0 bridgehead atoms. The number of alkyl halides is 3. The number of halogens is 3. The third-order valence-electron chi connectivity index (χ3n) is 3.58. The third kappa shape index (κ3) is 4.93. The van der Waals surface area contributed by atoms with Crippen LogP contribution in [0, 0.1) is 5.41 Å². The Morgan fingerprint density at radius 1 is 1.28 bits per heavy atom. The van der Waals surface area contributed by atoms with Gasteiger partial charge in [-0.25, -0.2) is 4.98 Å². The number of nitrogens with two attached hydrogens (primary N) is 1. The van der Waals surface area contributed by atoms with E-state index < -0.39 is 11.9 Å². The number of nitrogens with one attached hydrogen (secondary N) is 1. The van der Waals surface area contributed by atoms with Crippen LogP contribution in [0.3, 0.4) is 0 Å². The quantitative estimate of drug-likeness (QED) is 0.812. The predicted octanol–water partition coefficient (Wildman–Crippen LogP) is 3.41. The molecule has 0 atom stereocenters. The first-order valence-electron chi connectivity index (χ1n) is 7.59. The number of nitrogens with zero attached hydrogens (tertiary/aromatic N) is 2. The van der Waals surface area contributed by atoms with Crippen molar-refractivity contribution < 1.29 is 17.9 Å². The van der Waals surface area contributed by atoms with Gasteiger partial charge in [0.25, 0.3) is 0 Å². The lowest BCUT2D eigenvalue weighted by atomic mass is 10.2. The van der Waals surface area contributed by atoms with E-state index in [1.807, 2.05) is 30.3 Å². The zero-order chi connectivity index (χ0) is 18.4. The Bertz CT molecular complexity index is 755.